The van der Waals surface area contributed by atoms with E-state index in [4.69, 9.17) is 18.3 Å². The molecule has 2 aromatic heterocycles. The van der Waals surface area contributed by atoms with Crippen LogP contribution in [0.3, 0.4) is 0 Å². The van der Waals surface area contributed by atoms with Crippen molar-refractivity contribution in [2.45, 2.75) is 20.3 Å². The lowest BCUT2D eigenvalue weighted by Gasteiger charge is -2.12. The van der Waals surface area contributed by atoms with E-state index in [-0.39, 0.29) is 5.56 Å². The molecule has 4 rings (SSSR count). The predicted molar refractivity (Wildman–Crippen MR) is 111 cm³/mol. The third-order valence-corrected chi connectivity index (χ3v) is 4.81. The molecule has 0 aliphatic heterocycles. The van der Waals surface area contributed by atoms with Gasteiger partial charge in [0.1, 0.15) is 11.3 Å². The van der Waals surface area contributed by atoms with Crippen molar-refractivity contribution in [2.24, 2.45) is 0 Å². The van der Waals surface area contributed by atoms with Gasteiger partial charge in [0.05, 0.1) is 19.3 Å². The summed E-state index contributed by atoms with van der Waals surface area (Å²) in [4.78, 5) is 25.0. The van der Waals surface area contributed by atoms with E-state index in [2.05, 4.69) is 0 Å². The van der Waals surface area contributed by atoms with Gasteiger partial charge in [0.25, 0.3) is 0 Å². The summed E-state index contributed by atoms with van der Waals surface area (Å²) in [5, 5.41) is 1.33. The highest BCUT2D eigenvalue weighted by molar-refractivity contribution is 5.97. The average Bonchev–Trinajstić information content (AvgIpc) is 2.72. The number of hydrogen-bond donors (Lipinski definition) is 0. The van der Waals surface area contributed by atoms with E-state index in [1.54, 1.807) is 18.2 Å². The molecule has 6 nitrogen and oxygen atoms in total. The summed E-state index contributed by atoms with van der Waals surface area (Å²) in [5.41, 5.74) is 1.10. The molecule has 0 atom stereocenters. The number of para-hydroxylation sites is 1. The van der Waals surface area contributed by atoms with Crippen molar-refractivity contribution in [3.63, 3.8) is 0 Å². The molecule has 0 unspecified atom stereocenters. The average molecular weight is 392 g/mol. The van der Waals surface area contributed by atoms with Crippen LogP contribution in [0.4, 0.5) is 0 Å². The molecule has 0 aliphatic rings. The number of hydrogen-bond acceptors (Lipinski definition) is 6. The molecule has 2 aromatic carbocycles. The van der Waals surface area contributed by atoms with Crippen LogP contribution in [0.25, 0.3) is 33.1 Å². The number of benzene rings is 2. The lowest BCUT2D eigenvalue weighted by Crippen LogP contribution is -2.07. The molecule has 4 aromatic rings. The minimum Gasteiger partial charge on any atom is -0.493 e. The van der Waals surface area contributed by atoms with Gasteiger partial charge >= 0.3 is 11.3 Å². The molecule has 0 saturated carbocycles. The van der Waals surface area contributed by atoms with E-state index in [1.165, 1.54) is 13.2 Å². The van der Waals surface area contributed by atoms with Gasteiger partial charge in [-0.05, 0) is 37.6 Å². The largest absolute Gasteiger partial charge is 0.493 e. The first-order valence-corrected chi connectivity index (χ1v) is 9.35. The molecule has 2 heterocycles. The molecule has 0 bridgehead atoms. The third-order valence-electron chi connectivity index (χ3n) is 4.81. The maximum Gasteiger partial charge on any atom is 0.344 e. The van der Waals surface area contributed by atoms with Crippen molar-refractivity contribution >= 4 is 21.9 Å². The topological polar surface area (TPSA) is 78.9 Å². The highest BCUT2D eigenvalue weighted by Gasteiger charge is 2.17. The zero-order valence-electron chi connectivity index (χ0n) is 16.4. The van der Waals surface area contributed by atoms with E-state index < -0.39 is 11.3 Å². The molecular weight excluding hydrogens is 372 g/mol. The molecule has 0 aliphatic carbocycles. The summed E-state index contributed by atoms with van der Waals surface area (Å²) in [5.74, 6) is 1.12. The lowest BCUT2D eigenvalue weighted by atomic mass is 10.0. The molecule has 148 valence electrons. The van der Waals surface area contributed by atoms with Gasteiger partial charge in [0.15, 0.2) is 11.3 Å². The second-order valence-corrected chi connectivity index (χ2v) is 6.72. The zero-order valence-corrected chi connectivity index (χ0v) is 16.4. The van der Waals surface area contributed by atoms with Crippen molar-refractivity contribution in [2.75, 3.05) is 13.7 Å². The van der Waals surface area contributed by atoms with Gasteiger partial charge in [-0.15, -0.1) is 0 Å². The fourth-order valence-corrected chi connectivity index (χ4v) is 3.40. The second kappa shape index (κ2) is 7.47. The summed E-state index contributed by atoms with van der Waals surface area (Å²) in [6.07, 6.45) is 0.864. The minimum atomic E-state index is -0.558. The van der Waals surface area contributed by atoms with Gasteiger partial charge in [0.2, 0.25) is 0 Å². The summed E-state index contributed by atoms with van der Waals surface area (Å²) in [7, 11) is 1.51. The number of methoxy groups -OCH3 is 1. The van der Waals surface area contributed by atoms with Crippen LogP contribution in [0, 0.1) is 6.92 Å². The van der Waals surface area contributed by atoms with Crippen LogP contribution in [0.5, 0.6) is 11.5 Å². The quantitative estimate of drug-likeness (QED) is 0.459. The van der Waals surface area contributed by atoms with Gasteiger partial charge in [-0.3, -0.25) is 0 Å². The number of aryl methyl sites for hydroxylation is 1. The van der Waals surface area contributed by atoms with Crippen LogP contribution in [0.15, 0.2) is 60.9 Å². The zero-order chi connectivity index (χ0) is 20.5. The third kappa shape index (κ3) is 3.27. The van der Waals surface area contributed by atoms with Crippen LogP contribution in [0.2, 0.25) is 0 Å². The summed E-state index contributed by atoms with van der Waals surface area (Å²) in [6.45, 7) is 4.41. The Morgan fingerprint density at radius 2 is 1.76 bits per heavy atom. The van der Waals surface area contributed by atoms with Gasteiger partial charge in [0, 0.05) is 28.0 Å². The Balaban J connectivity index is 1.99. The Hall–Kier alpha value is -3.54. The van der Waals surface area contributed by atoms with Crippen molar-refractivity contribution in [1.82, 2.24) is 0 Å². The Morgan fingerprint density at radius 1 is 0.931 bits per heavy atom. The van der Waals surface area contributed by atoms with Crippen LogP contribution in [-0.4, -0.2) is 13.7 Å². The summed E-state index contributed by atoms with van der Waals surface area (Å²) in [6, 6.07) is 12.0. The molecule has 0 saturated heterocycles. The fourth-order valence-electron chi connectivity index (χ4n) is 3.40. The Morgan fingerprint density at radius 3 is 2.52 bits per heavy atom. The molecule has 29 heavy (non-hydrogen) atoms. The number of rotatable bonds is 5. The molecular formula is C23H20O6. The van der Waals surface area contributed by atoms with Gasteiger partial charge in [-0.1, -0.05) is 19.1 Å². The summed E-state index contributed by atoms with van der Waals surface area (Å²) >= 11 is 0. The molecule has 6 heteroatoms. The van der Waals surface area contributed by atoms with Gasteiger partial charge in [-0.2, -0.15) is 0 Å². The highest BCUT2D eigenvalue weighted by Crippen LogP contribution is 2.34. The standard InChI is InChI=1S/C23H20O6/c1-4-10-27-18-9-8-15-16(12-20(24)28-21(15)13(18)2)17-11-14-6-5-7-19(26-3)22(14)29-23(17)25/h5-9,11-12H,4,10H2,1-3H3. The molecule has 0 spiro atoms. The van der Waals surface area contributed by atoms with E-state index in [1.807, 2.05) is 32.0 Å². The Bertz CT molecular complexity index is 1330. The number of ether oxygens (including phenoxy) is 2. The van der Waals surface area contributed by atoms with Crippen molar-refractivity contribution < 1.29 is 18.3 Å². The second-order valence-electron chi connectivity index (χ2n) is 6.72. The Kier molecular flexibility index (Phi) is 4.84. The molecule has 0 amide bonds. The van der Waals surface area contributed by atoms with Crippen LogP contribution in [-0.2, 0) is 0 Å². The van der Waals surface area contributed by atoms with Crippen LogP contribution < -0.4 is 20.7 Å². The first-order valence-electron chi connectivity index (χ1n) is 9.35. The number of fused-ring (bicyclic) bond motifs is 2. The SMILES string of the molecule is CCCOc1ccc2c(-c3cc4cccc(OC)c4oc3=O)cc(=O)oc2c1C. The smallest absolute Gasteiger partial charge is 0.344 e. The highest BCUT2D eigenvalue weighted by atomic mass is 16.5. The minimum absolute atomic E-state index is 0.283. The van der Waals surface area contributed by atoms with Crippen molar-refractivity contribution in [1.29, 1.82) is 0 Å². The van der Waals surface area contributed by atoms with Crippen molar-refractivity contribution in [3.05, 3.63) is 68.9 Å². The van der Waals surface area contributed by atoms with E-state index in [0.717, 1.165) is 6.42 Å². The van der Waals surface area contributed by atoms with E-state index >= 15 is 0 Å². The van der Waals surface area contributed by atoms with Crippen molar-refractivity contribution in [3.8, 4) is 22.6 Å². The first-order chi connectivity index (χ1) is 14.0. The normalized spacial score (nSPS) is 11.1. The Labute approximate surface area is 166 Å². The monoisotopic (exact) mass is 392 g/mol. The van der Waals surface area contributed by atoms with E-state index in [0.29, 0.717) is 51.2 Å². The molecule has 0 N–H and O–H groups in total. The van der Waals surface area contributed by atoms with Crippen LogP contribution >= 0.6 is 0 Å². The maximum atomic E-state index is 12.8. The maximum absolute atomic E-state index is 12.8. The fraction of sp³-hybridized carbons (Fsp3) is 0.217. The lowest BCUT2D eigenvalue weighted by molar-refractivity contribution is 0.315. The van der Waals surface area contributed by atoms with Gasteiger partial charge in [-0.25, -0.2) is 9.59 Å². The van der Waals surface area contributed by atoms with Gasteiger partial charge < -0.3 is 18.3 Å². The predicted octanol–water partition coefficient (Wildman–Crippen LogP) is 4.67. The summed E-state index contributed by atoms with van der Waals surface area (Å²) < 4.78 is 22.0. The first kappa shape index (κ1) is 18.8. The van der Waals surface area contributed by atoms with Crippen LogP contribution in [0.1, 0.15) is 18.9 Å². The molecule has 0 fully saturated rings. The molecule has 0 radical (unpaired) electrons. The van der Waals surface area contributed by atoms with E-state index in [9.17, 15) is 9.59 Å².